The summed E-state index contributed by atoms with van der Waals surface area (Å²) in [5, 5.41) is 16.7. The van der Waals surface area contributed by atoms with Gasteiger partial charge >= 0.3 is 5.97 Å². The smallest absolute Gasteiger partial charge is 0.359 e. The van der Waals surface area contributed by atoms with Crippen LogP contribution in [-0.4, -0.2) is 23.9 Å². The average Bonchev–Trinajstić information content (AvgIpc) is 2.68. The second kappa shape index (κ2) is 4.73. The molecule has 0 atom stereocenters. The summed E-state index contributed by atoms with van der Waals surface area (Å²) in [5.74, 6) is -1.12. The van der Waals surface area contributed by atoms with Gasteiger partial charge in [0.1, 0.15) is 7.11 Å². The van der Waals surface area contributed by atoms with Gasteiger partial charge < -0.3 is 9.94 Å². The number of nitrogens with zero attached hydrogens (tertiary/aromatic N) is 1. The predicted molar refractivity (Wildman–Crippen MR) is 68.0 cm³/mol. The Hall–Kier alpha value is -1.59. The Morgan fingerprint density at radius 2 is 2.29 bits per heavy atom. The van der Waals surface area contributed by atoms with E-state index in [1.165, 1.54) is 18.4 Å². The van der Waals surface area contributed by atoms with Crippen LogP contribution in [0.2, 0.25) is 5.02 Å². The SMILES string of the molecule is CO/N=C(/C(=O)O)c1scc2cc(Cl)ccc12. The number of hydrogen-bond donors (Lipinski definition) is 1. The van der Waals surface area contributed by atoms with E-state index in [-0.39, 0.29) is 5.71 Å². The van der Waals surface area contributed by atoms with Crippen LogP contribution in [0.15, 0.2) is 28.7 Å². The van der Waals surface area contributed by atoms with E-state index in [9.17, 15) is 4.79 Å². The number of thiophene rings is 1. The number of benzene rings is 1. The molecule has 0 unspecified atom stereocenters. The largest absolute Gasteiger partial charge is 0.476 e. The van der Waals surface area contributed by atoms with E-state index in [0.717, 1.165) is 10.8 Å². The molecule has 0 saturated heterocycles. The van der Waals surface area contributed by atoms with E-state index in [2.05, 4.69) is 9.99 Å². The van der Waals surface area contributed by atoms with Gasteiger partial charge in [-0.15, -0.1) is 11.3 Å². The fraction of sp³-hybridized carbons (Fsp3) is 0.0909. The summed E-state index contributed by atoms with van der Waals surface area (Å²) < 4.78 is 0. The predicted octanol–water partition coefficient (Wildman–Crippen LogP) is 2.99. The van der Waals surface area contributed by atoms with Crippen molar-refractivity contribution in [3.8, 4) is 0 Å². The number of fused-ring (bicyclic) bond motifs is 1. The second-order valence-electron chi connectivity index (χ2n) is 3.22. The number of halogens is 1. The molecule has 0 aliphatic rings. The fourth-order valence-corrected chi connectivity index (χ4v) is 2.65. The Labute approximate surface area is 106 Å². The number of rotatable bonds is 3. The van der Waals surface area contributed by atoms with Crippen molar-refractivity contribution in [3.63, 3.8) is 0 Å². The molecule has 6 heteroatoms. The highest BCUT2D eigenvalue weighted by molar-refractivity contribution is 7.14. The molecule has 0 aliphatic carbocycles. The highest BCUT2D eigenvalue weighted by Crippen LogP contribution is 2.28. The molecule has 0 saturated carbocycles. The molecule has 0 radical (unpaired) electrons. The van der Waals surface area contributed by atoms with Crippen LogP contribution in [0.1, 0.15) is 4.88 Å². The van der Waals surface area contributed by atoms with Crippen molar-refractivity contribution >= 4 is 45.4 Å². The Balaban J connectivity index is 2.62. The third kappa shape index (κ3) is 2.25. The molecular weight excluding hydrogens is 262 g/mol. The van der Waals surface area contributed by atoms with Crippen molar-refractivity contribution < 1.29 is 14.7 Å². The van der Waals surface area contributed by atoms with Gasteiger partial charge in [-0.25, -0.2) is 4.79 Å². The normalized spacial score (nSPS) is 11.8. The minimum atomic E-state index is -1.12. The number of carboxylic acids is 1. The first-order valence-electron chi connectivity index (χ1n) is 4.65. The molecule has 4 nitrogen and oxygen atoms in total. The summed E-state index contributed by atoms with van der Waals surface area (Å²) in [6.07, 6.45) is 0. The van der Waals surface area contributed by atoms with Crippen molar-refractivity contribution in [2.75, 3.05) is 7.11 Å². The maximum atomic E-state index is 11.1. The van der Waals surface area contributed by atoms with Crippen molar-refractivity contribution in [2.45, 2.75) is 0 Å². The maximum absolute atomic E-state index is 11.1. The van der Waals surface area contributed by atoms with E-state index in [1.807, 2.05) is 5.38 Å². The molecule has 88 valence electrons. The Morgan fingerprint density at radius 3 is 2.94 bits per heavy atom. The molecule has 0 fully saturated rings. The molecule has 0 bridgehead atoms. The van der Waals surface area contributed by atoms with Gasteiger partial charge in [0.25, 0.3) is 0 Å². The summed E-state index contributed by atoms with van der Waals surface area (Å²) in [5.41, 5.74) is -0.102. The van der Waals surface area contributed by atoms with E-state index < -0.39 is 5.97 Å². The molecule has 0 aliphatic heterocycles. The molecular formula is C11H8ClNO3S. The van der Waals surface area contributed by atoms with Crippen molar-refractivity contribution in [1.29, 1.82) is 0 Å². The lowest BCUT2D eigenvalue weighted by Crippen LogP contribution is -2.13. The van der Waals surface area contributed by atoms with Gasteiger partial charge in [-0.3, -0.25) is 0 Å². The third-order valence-corrected chi connectivity index (χ3v) is 3.42. The highest BCUT2D eigenvalue weighted by Gasteiger charge is 2.18. The van der Waals surface area contributed by atoms with E-state index in [1.54, 1.807) is 18.2 Å². The third-order valence-electron chi connectivity index (χ3n) is 2.16. The first-order chi connectivity index (χ1) is 8.13. The second-order valence-corrected chi connectivity index (χ2v) is 4.54. The standard InChI is InChI=1S/C11H8ClNO3S/c1-16-13-9(11(14)15)10-8-3-2-7(12)4-6(8)5-17-10/h2-5H,1H3,(H,14,15)/b13-9+. The molecule has 2 aromatic rings. The van der Waals surface area contributed by atoms with Gasteiger partial charge in [-0.05, 0) is 22.9 Å². The van der Waals surface area contributed by atoms with Crippen LogP contribution >= 0.6 is 22.9 Å². The molecule has 0 amide bonds. The molecule has 2 rings (SSSR count). The molecule has 17 heavy (non-hydrogen) atoms. The number of carboxylic acid groups (broad SMARTS) is 1. The lowest BCUT2D eigenvalue weighted by atomic mass is 10.1. The highest BCUT2D eigenvalue weighted by atomic mass is 35.5. The van der Waals surface area contributed by atoms with Crippen LogP contribution in [0, 0.1) is 0 Å². The summed E-state index contributed by atoms with van der Waals surface area (Å²) in [6, 6.07) is 5.27. The molecule has 1 aromatic carbocycles. The van der Waals surface area contributed by atoms with Gasteiger partial charge in [0.05, 0.1) is 4.88 Å². The van der Waals surface area contributed by atoms with E-state index in [0.29, 0.717) is 9.90 Å². The number of carbonyl (C=O) groups is 1. The van der Waals surface area contributed by atoms with E-state index >= 15 is 0 Å². The van der Waals surface area contributed by atoms with Crippen LogP contribution in [0.5, 0.6) is 0 Å². The van der Waals surface area contributed by atoms with Crippen LogP contribution in [-0.2, 0) is 9.63 Å². The minimum absolute atomic E-state index is 0.102. The molecule has 0 spiro atoms. The summed E-state index contributed by atoms with van der Waals surface area (Å²) in [4.78, 5) is 16.2. The fourth-order valence-electron chi connectivity index (χ4n) is 1.48. The Bertz CT molecular complexity index is 606. The summed E-state index contributed by atoms with van der Waals surface area (Å²) >= 11 is 7.16. The zero-order valence-electron chi connectivity index (χ0n) is 8.81. The van der Waals surface area contributed by atoms with Crippen molar-refractivity contribution in [1.82, 2.24) is 0 Å². The first kappa shape index (κ1) is 11.9. The van der Waals surface area contributed by atoms with Gasteiger partial charge in [0, 0.05) is 10.4 Å². The number of aliphatic carboxylic acids is 1. The Kier molecular flexibility index (Phi) is 3.31. The lowest BCUT2D eigenvalue weighted by Gasteiger charge is -1.99. The van der Waals surface area contributed by atoms with Gasteiger partial charge in [-0.2, -0.15) is 0 Å². The summed E-state index contributed by atoms with van der Waals surface area (Å²) in [6.45, 7) is 0. The Morgan fingerprint density at radius 1 is 1.53 bits per heavy atom. The van der Waals surface area contributed by atoms with Gasteiger partial charge in [0.15, 0.2) is 0 Å². The van der Waals surface area contributed by atoms with Crippen LogP contribution in [0.4, 0.5) is 0 Å². The first-order valence-corrected chi connectivity index (χ1v) is 5.91. The monoisotopic (exact) mass is 269 g/mol. The number of oxime groups is 1. The molecule has 1 heterocycles. The quantitative estimate of drug-likeness (QED) is 0.688. The van der Waals surface area contributed by atoms with Gasteiger partial charge in [0.2, 0.25) is 5.71 Å². The summed E-state index contributed by atoms with van der Waals surface area (Å²) in [7, 11) is 1.32. The average molecular weight is 270 g/mol. The van der Waals surface area contributed by atoms with Crippen molar-refractivity contribution in [2.24, 2.45) is 5.16 Å². The van der Waals surface area contributed by atoms with Crippen LogP contribution in [0.3, 0.4) is 0 Å². The van der Waals surface area contributed by atoms with Crippen molar-refractivity contribution in [3.05, 3.63) is 33.5 Å². The zero-order chi connectivity index (χ0) is 12.4. The van der Waals surface area contributed by atoms with Crippen LogP contribution < -0.4 is 0 Å². The van der Waals surface area contributed by atoms with Gasteiger partial charge in [-0.1, -0.05) is 22.8 Å². The lowest BCUT2D eigenvalue weighted by molar-refractivity contribution is -0.129. The van der Waals surface area contributed by atoms with Crippen LogP contribution in [0.25, 0.3) is 10.8 Å². The zero-order valence-corrected chi connectivity index (χ0v) is 10.4. The topological polar surface area (TPSA) is 58.9 Å². The molecule has 1 N–H and O–H groups in total. The molecule has 1 aromatic heterocycles. The maximum Gasteiger partial charge on any atom is 0.359 e. The van der Waals surface area contributed by atoms with E-state index in [4.69, 9.17) is 16.7 Å². The number of hydrogen-bond acceptors (Lipinski definition) is 4. The minimum Gasteiger partial charge on any atom is -0.476 e.